The van der Waals surface area contributed by atoms with Crippen LogP contribution in [-0.2, 0) is 10.5 Å². The number of methoxy groups -OCH3 is 1. The molecular formula is C14H21N3O4S. The summed E-state index contributed by atoms with van der Waals surface area (Å²) in [6.07, 6.45) is 0.886. The lowest BCUT2D eigenvalue weighted by atomic mass is 10.2. The van der Waals surface area contributed by atoms with Gasteiger partial charge in [-0.2, -0.15) is 0 Å². The summed E-state index contributed by atoms with van der Waals surface area (Å²) in [5.41, 5.74) is 0.734. The van der Waals surface area contributed by atoms with Gasteiger partial charge in [0.25, 0.3) is 0 Å². The number of ether oxygens (including phenoxy) is 1. The number of benzene rings is 1. The first-order valence-corrected chi connectivity index (χ1v) is 8.04. The molecule has 0 aliphatic heterocycles. The fourth-order valence-electron chi connectivity index (χ4n) is 1.77. The SMILES string of the molecule is CNCCCNC(=O)CSCc1ccc(OC)c([N+](=O)[O-])c1. The van der Waals surface area contributed by atoms with Crippen molar-refractivity contribution in [1.82, 2.24) is 10.6 Å². The lowest BCUT2D eigenvalue weighted by Gasteiger charge is -2.06. The topological polar surface area (TPSA) is 93.5 Å². The van der Waals surface area contributed by atoms with Gasteiger partial charge in [0.05, 0.1) is 17.8 Å². The number of thioether (sulfide) groups is 1. The minimum absolute atomic E-state index is 0.0240. The van der Waals surface area contributed by atoms with E-state index >= 15 is 0 Å². The number of nitrogens with zero attached hydrogens (tertiary/aromatic N) is 1. The monoisotopic (exact) mass is 327 g/mol. The summed E-state index contributed by atoms with van der Waals surface area (Å²) in [7, 11) is 3.26. The molecule has 0 bridgehead atoms. The van der Waals surface area contributed by atoms with Crippen molar-refractivity contribution in [2.75, 3.05) is 33.0 Å². The summed E-state index contributed by atoms with van der Waals surface area (Å²) in [5, 5.41) is 16.8. The molecule has 1 amide bonds. The quantitative estimate of drug-likeness (QED) is 0.385. The summed E-state index contributed by atoms with van der Waals surface area (Å²) in [4.78, 5) is 22.1. The van der Waals surface area contributed by atoms with Gasteiger partial charge in [-0.15, -0.1) is 11.8 Å². The minimum atomic E-state index is -0.471. The van der Waals surface area contributed by atoms with Gasteiger partial charge in [-0.3, -0.25) is 14.9 Å². The number of hydrogen-bond acceptors (Lipinski definition) is 6. The van der Waals surface area contributed by atoms with Crippen LogP contribution in [0.3, 0.4) is 0 Å². The van der Waals surface area contributed by atoms with Gasteiger partial charge in [-0.1, -0.05) is 6.07 Å². The third-order valence-electron chi connectivity index (χ3n) is 2.87. The van der Waals surface area contributed by atoms with E-state index in [9.17, 15) is 14.9 Å². The number of carbonyl (C=O) groups is 1. The molecule has 1 aromatic carbocycles. The van der Waals surface area contributed by atoms with Crippen molar-refractivity contribution in [2.45, 2.75) is 12.2 Å². The molecule has 1 rings (SSSR count). The molecule has 22 heavy (non-hydrogen) atoms. The van der Waals surface area contributed by atoms with E-state index in [1.165, 1.54) is 24.9 Å². The number of rotatable bonds is 10. The van der Waals surface area contributed by atoms with Crippen LogP contribution in [0.4, 0.5) is 5.69 Å². The molecule has 0 unspecified atom stereocenters. The lowest BCUT2D eigenvalue weighted by molar-refractivity contribution is -0.385. The lowest BCUT2D eigenvalue weighted by Crippen LogP contribution is -2.28. The molecular weight excluding hydrogens is 306 g/mol. The van der Waals surface area contributed by atoms with E-state index in [0.29, 0.717) is 18.1 Å². The zero-order valence-corrected chi connectivity index (χ0v) is 13.6. The molecule has 1 aromatic rings. The van der Waals surface area contributed by atoms with Crippen molar-refractivity contribution in [3.63, 3.8) is 0 Å². The highest BCUT2D eigenvalue weighted by molar-refractivity contribution is 7.99. The van der Waals surface area contributed by atoms with Crippen molar-refractivity contribution < 1.29 is 14.5 Å². The molecule has 0 spiro atoms. The number of hydrogen-bond donors (Lipinski definition) is 2. The Kier molecular flexibility index (Phi) is 8.31. The molecule has 8 heteroatoms. The largest absolute Gasteiger partial charge is 0.490 e. The summed E-state index contributed by atoms with van der Waals surface area (Å²) in [6.45, 7) is 1.51. The van der Waals surface area contributed by atoms with Crippen LogP contribution in [0.25, 0.3) is 0 Å². The highest BCUT2D eigenvalue weighted by Crippen LogP contribution is 2.28. The highest BCUT2D eigenvalue weighted by Gasteiger charge is 2.15. The fourth-order valence-corrected chi connectivity index (χ4v) is 2.58. The molecule has 0 atom stereocenters. The third-order valence-corrected chi connectivity index (χ3v) is 3.87. The molecule has 2 N–H and O–H groups in total. The Hall–Kier alpha value is -1.80. The summed E-state index contributed by atoms with van der Waals surface area (Å²) < 4.78 is 4.95. The van der Waals surface area contributed by atoms with Crippen LogP contribution in [0.1, 0.15) is 12.0 Å². The van der Waals surface area contributed by atoms with E-state index in [1.54, 1.807) is 12.1 Å². The summed E-state index contributed by atoms with van der Waals surface area (Å²) >= 11 is 1.42. The average Bonchev–Trinajstić information content (AvgIpc) is 2.51. The molecule has 0 saturated carbocycles. The second kappa shape index (κ2) is 10.0. The highest BCUT2D eigenvalue weighted by atomic mass is 32.2. The van der Waals surface area contributed by atoms with Gasteiger partial charge in [-0.05, 0) is 31.6 Å². The van der Waals surface area contributed by atoms with E-state index in [0.717, 1.165) is 18.5 Å². The third kappa shape index (κ3) is 6.31. The normalized spacial score (nSPS) is 10.3. The molecule has 0 saturated heterocycles. The number of nitrogens with one attached hydrogen (secondary N) is 2. The number of nitro benzene ring substituents is 1. The van der Waals surface area contributed by atoms with Crippen molar-refractivity contribution in [1.29, 1.82) is 0 Å². The Bertz CT molecular complexity index is 511. The Morgan fingerprint density at radius 1 is 1.41 bits per heavy atom. The van der Waals surface area contributed by atoms with Gasteiger partial charge in [0.1, 0.15) is 0 Å². The first-order valence-electron chi connectivity index (χ1n) is 6.88. The van der Waals surface area contributed by atoms with Crippen LogP contribution in [0.15, 0.2) is 18.2 Å². The Morgan fingerprint density at radius 3 is 2.82 bits per heavy atom. The van der Waals surface area contributed by atoms with Gasteiger partial charge >= 0.3 is 5.69 Å². The molecule has 122 valence electrons. The van der Waals surface area contributed by atoms with Crippen LogP contribution < -0.4 is 15.4 Å². The van der Waals surface area contributed by atoms with Gasteiger partial charge in [-0.25, -0.2) is 0 Å². The molecule has 0 aliphatic rings. The van der Waals surface area contributed by atoms with Crippen LogP contribution in [0.2, 0.25) is 0 Å². The van der Waals surface area contributed by atoms with Crippen LogP contribution in [0.5, 0.6) is 5.75 Å². The van der Waals surface area contributed by atoms with Crippen molar-refractivity contribution >= 4 is 23.4 Å². The van der Waals surface area contributed by atoms with Gasteiger partial charge in [0.15, 0.2) is 5.75 Å². The Balaban J connectivity index is 2.40. The van der Waals surface area contributed by atoms with Crippen molar-refractivity contribution in [3.05, 3.63) is 33.9 Å². The first-order chi connectivity index (χ1) is 10.6. The predicted octanol–water partition coefficient (Wildman–Crippen LogP) is 1.56. The fraction of sp³-hybridized carbons (Fsp3) is 0.500. The van der Waals surface area contributed by atoms with Gasteiger partial charge in [0, 0.05) is 18.4 Å². The standard InChI is InChI=1S/C14H21N3O4S/c1-15-6-3-7-16-14(18)10-22-9-11-4-5-13(21-2)12(8-11)17(19)20/h4-5,8,15H,3,6-7,9-10H2,1-2H3,(H,16,18). The molecule has 0 heterocycles. The Morgan fingerprint density at radius 2 is 2.18 bits per heavy atom. The Labute approximate surface area is 134 Å². The average molecular weight is 327 g/mol. The maximum Gasteiger partial charge on any atom is 0.311 e. The first kappa shape index (κ1) is 18.2. The number of nitro groups is 1. The van der Waals surface area contributed by atoms with Crippen LogP contribution in [0, 0.1) is 10.1 Å². The van der Waals surface area contributed by atoms with Gasteiger partial charge in [0.2, 0.25) is 5.91 Å². The van der Waals surface area contributed by atoms with Gasteiger partial charge < -0.3 is 15.4 Å². The number of amides is 1. The van der Waals surface area contributed by atoms with E-state index in [1.807, 2.05) is 7.05 Å². The second-order valence-corrected chi connectivity index (χ2v) is 5.55. The van der Waals surface area contributed by atoms with E-state index in [-0.39, 0.29) is 17.3 Å². The van der Waals surface area contributed by atoms with Crippen LogP contribution in [-0.4, -0.2) is 43.8 Å². The zero-order valence-electron chi connectivity index (χ0n) is 12.8. The maximum absolute atomic E-state index is 11.6. The molecule has 0 aromatic heterocycles. The molecule has 0 fully saturated rings. The van der Waals surface area contributed by atoms with Crippen LogP contribution >= 0.6 is 11.8 Å². The smallest absolute Gasteiger partial charge is 0.311 e. The number of carbonyl (C=O) groups excluding carboxylic acids is 1. The summed E-state index contributed by atoms with van der Waals surface area (Å²) in [6, 6.07) is 4.83. The maximum atomic E-state index is 11.6. The molecule has 0 aliphatic carbocycles. The second-order valence-electron chi connectivity index (χ2n) is 4.56. The van der Waals surface area contributed by atoms with E-state index in [4.69, 9.17) is 4.74 Å². The molecule has 7 nitrogen and oxygen atoms in total. The van der Waals surface area contributed by atoms with Crippen molar-refractivity contribution in [2.24, 2.45) is 0 Å². The van der Waals surface area contributed by atoms with E-state index in [2.05, 4.69) is 10.6 Å². The van der Waals surface area contributed by atoms with Crippen molar-refractivity contribution in [3.8, 4) is 5.75 Å². The van der Waals surface area contributed by atoms with E-state index < -0.39 is 4.92 Å². The minimum Gasteiger partial charge on any atom is -0.490 e. The summed E-state index contributed by atoms with van der Waals surface area (Å²) in [5.74, 6) is 1.08. The zero-order chi connectivity index (χ0) is 16.4. The molecule has 0 radical (unpaired) electrons. The predicted molar refractivity (Wildman–Crippen MR) is 87.4 cm³/mol.